The molecule has 12 aromatic rings. The van der Waals surface area contributed by atoms with Crippen molar-refractivity contribution in [2.45, 2.75) is 12.3 Å². The van der Waals surface area contributed by atoms with E-state index >= 15 is 0 Å². The Bertz CT molecular complexity index is 3730. The van der Waals surface area contributed by atoms with Gasteiger partial charge in [0.25, 0.3) is 0 Å². The highest BCUT2D eigenvalue weighted by Crippen LogP contribution is 2.47. The maximum Gasteiger partial charge on any atom is 0.248 e. The monoisotopic (exact) mass is 746 g/mol. The third-order valence-electron chi connectivity index (χ3n) is 12.2. The number of aromatic nitrogens is 3. The SMILES string of the molecule is C1=CCC(c2[nH+]c3c(nc2-c2ccc(-n4c5cc6ccccc6cc5c5c6ccccc6c6c7ccc8ccccc8c7oc6c54)cc2)sc2ccccc23)C=C1. The lowest BCUT2D eigenvalue weighted by molar-refractivity contribution is -0.357. The van der Waals surface area contributed by atoms with Gasteiger partial charge in [-0.05, 0) is 75.8 Å². The molecule has 0 saturated heterocycles. The van der Waals surface area contributed by atoms with Gasteiger partial charge in [-0.3, -0.25) is 0 Å². The van der Waals surface area contributed by atoms with Gasteiger partial charge in [0.15, 0.2) is 10.4 Å². The second-order valence-electron chi connectivity index (χ2n) is 15.3. The maximum absolute atomic E-state index is 7.17. The van der Waals surface area contributed by atoms with Crippen LogP contribution in [-0.2, 0) is 0 Å². The number of thiophene rings is 1. The van der Waals surface area contributed by atoms with E-state index in [1.165, 1.54) is 47.8 Å². The third-order valence-corrected chi connectivity index (χ3v) is 13.2. The van der Waals surface area contributed by atoms with Crippen molar-refractivity contribution in [3.05, 3.63) is 176 Å². The predicted molar refractivity (Wildman–Crippen MR) is 239 cm³/mol. The predicted octanol–water partition coefficient (Wildman–Crippen LogP) is 14.0. The van der Waals surface area contributed by atoms with Crippen LogP contribution in [0, 0.1) is 0 Å². The van der Waals surface area contributed by atoms with Crippen molar-refractivity contribution in [2.75, 3.05) is 0 Å². The Kier molecular flexibility index (Phi) is 6.40. The molecular formula is C52H32N3OS+. The number of furan rings is 1. The van der Waals surface area contributed by atoms with Crippen molar-refractivity contribution in [3.8, 4) is 16.9 Å². The van der Waals surface area contributed by atoms with E-state index < -0.39 is 0 Å². The fraction of sp³-hybridized carbons (Fsp3) is 0.0385. The summed E-state index contributed by atoms with van der Waals surface area (Å²) in [6, 6.07) is 52.9. The summed E-state index contributed by atoms with van der Waals surface area (Å²) in [5, 5.41) is 13.1. The van der Waals surface area contributed by atoms with Crippen LogP contribution in [0.4, 0.5) is 0 Å². The van der Waals surface area contributed by atoms with Crippen molar-refractivity contribution in [1.82, 2.24) is 9.55 Å². The lowest BCUT2D eigenvalue weighted by Gasteiger charge is -2.13. The number of H-pyrrole nitrogens is 1. The molecule has 1 N–H and O–H groups in total. The van der Waals surface area contributed by atoms with Crippen LogP contribution >= 0.6 is 11.3 Å². The van der Waals surface area contributed by atoms with Crippen LogP contribution in [0.5, 0.6) is 0 Å². The molecule has 1 atom stereocenters. The van der Waals surface area contributed by atoms with E-state index in [-0.39, 0.29) is 5.92 Å². The number of hydrogen-bond donors (Lipinski definition) is 0. The van der Waals surface area contributed by atoms with Gasteiger partial charge >= 0.3 is 0 Å². The Labute approximate surface area is 330 Å². The number of nitrogens with zero attached hydrogens (tertiary/aromatic N) is 2. The van der Waals surface area contributed by atoms with E-state index in [0.29, 0.717) is 0 Å². The lowest BCUT2D eigenvalue weighted by Crippen LogP contribution is -2.18. The molecule has 4 nitrogen and oxygen atoms in total. The quantitative estimate of drug-likeness (QED) is 0.181. The maximum atomic E-state index is 7.17. The molecule has 0 saturated carbocycles. The summed E-state index contributed by atoms with van der Waals surface area (Å²) in [4.78, 5) is 10.3. The highest BCUT2D eigenvalue weighted by Gasteiger charge is 2.28. The zero-order valence-electron chi connectivity index (χ0n) is 30.7. The number of fused-ring (bicyclic) bond motifs is 16. The van der Waals surface area contributed by atoms with Crippen molar-refractivity contribution in [2.24, 2.45) is 0 Å². The highest BCUT2D eigenvalue weighted by molar-refractivity contribution is 7.25. The molecule has 5 heteroatoms. The van der Waals surface area contributed by atoms with Crippen LogP contribution in [0.2, 0.25) is 0 Å². The summed E-state index contributed by atoms with van der Waals surface area (Å²) < 4.78 is 10.8. The number of nitrogens with one attached hydrogen (secondary N) is 1. The normalized spacial score (nSPS) is 14.6. The zero-order valence-corrected chi connectivity index (χ0v) is 31.5. The van der Waals surface area contributed by atoms with Crippen LogP contribution in [0.15, 0.2) is 174 Å². The molecule has 0 bridgehead atoms. The topological polar surface area (TPSA) is 45.1 Å². The molecule has 4 aromatic heterocycles. The molecular weight excluding hydrogens is 715 g/mol. The van der Waals surface area contributed by atoms with Gasteiger partial charge in [-0.2, -0.15) is 0 Å². The van der Waals surface area contributed by atoms with Gasteiger partial charge in [0.1, 0.15) is 11.3 Å². The Hall–Kier alpha value is -7.08. The van der Waals surface area contributed by atoms with E-state index in [2.05, 4.69) is 179 Å². The molecule has 0 radical (unpaired) electrons. The van der Waals surface area contributed by atoms with Crippen LogP contribution in [0.1, 0.15) is 18.0 Å². The highest BCUT2D eigenvalue weighted by atomic mass is 32.1. The van der Waals surface area contributed by atoms with Gasteiger partial charge in [0.2, 0.25) is 11.2 Å². The van der Waals surface area contributed by atoms with Gasteiger partial charge in [-0.25, -0.2) is 9.97 Å². The molecule has 266 valence electrons. The van der Waals surface area contributed by atoms with Gasteiger partial charge in [-0.15, -0.1) is 11.3 Å². The zero-order chi connectivity index (χ0) is 37.2. The first-order valence-electron chi connectivity index (χ1n) is 19.6. The summed E-state index contributed by atoms with van der Waals surface area (Å²) in [7, 11) is 0. The number of hydrogen-bond acceptors (Lipinski definition) is 3. The first-order valence-corrected chi connectivity index (χ1v) is 20.4. The molecule has 0 spiro atoms. The number of rotatable bonds is 3. The minimum atomic E-state index is 0.205. The molecule has 0 fully saturated rings. The summed E-state index contributed by atoms with van der Waals surface area (Å²) in [5.74, 6) is 0.205. The molecule has 1 aliphatic carbocycles. The average molecular weight is 747 g/mol. The summed E-state index contributed by atoms with van der Waals surface area (Å²) in [6.45, 7) is 0. The van der Waals surface area contributed by atoms with Crippen LogP contribution < -0.4 is 4.98 Å². The molecule has 0 aliphatic heterocycles. The van der Waals surface area contributed by atoms with Crippen molar-refractivity contribution < 1.29 is 9.40 Å². The summed E-state index contributed by atoms with van der Waals surface area (Å²) in [5.41, 5.74) is 9.48. The standard InChI is InChI=1S/C52H31N3OS/c1-2-13-31(14-3-1)46-47(54-52-48(53-46)39-20-10-11-21-43(39)57-52)32-22-25-35(26-23-32)55-42-29-34-16-5-4-15-33(34)28-41(42)44-37-18-8-9-19-38(37)45-40-27-24-30-12-6-7-17-36(30)50(40)56-51(45)49(44)55/h1-13,15-29,31H,14H2/p+1. The van der Waals surface area contributed by atoms with Gasteiger partial charge < -0.3 is 8.98 Å². The Morgan fingerprint density at radius 2 is 1.33 bits per heavy atom. The Morgan fingerprint density at radius 3 is 2.14 bits per heavy atom. The Balaban J connectivity index is 1.11. The Morgan fingerprint density at radius 1 is 0.614 bits per heavy atom. The van der Waals surface area contributed by atoms with Crippen LogP contribution in [0.25, 0.3) is 113 Å². The van der Waals surface area contributed by atoms with E-state index in [4.69, 9.17) is 9.40 Å². The number of aromatic amines is 1. The fourth-order valence-corrected chi connectivity index (χ4v) is 10.6. The smallest absolute Gasteiger partial charge is 0.248 e. The molecule has 57 heavy (non-hydrogen) atoms. The number of allylic oxidation sites excluding steroid dienone is 4. The fourth-order valence-electron chi connectivity index (χ4n) is 9.55. The van der Waals surface area contributed by atoms with Gasteiger partial charge in [-0.1, -0.05) is 127 Å². The van der Waals surface area contributed by atoms with Crippen molar-refractivity contribution in [1.29, 1.82) is 0 Å². The van der Waals surface area contributed by atoms with Crippen LogP contribution in [-0.4, -0.2) is 9.55 Å². The summed E-state index contributed by atoms with van der Waals surface area (Å²) in [6.07, 6.45) is 9.76. The van der Waals surface area contributed by atoms with E-state index in [0.717, 1.165) is 77.8 Å². The number of benzene rings is 8. The molecule has 0 amide bonds. The van der Waals surface area contributed by atoms with E-state index in [9.17, 15) is 0 Å². The molecule has 8 aromatic carbocycles. The van der Waals surface area contributed by atoms with E-state index in [1.807, 2.05) is 0 Å². The van der Waals surface area contributed by atoms with Crippen molar-refractivity contribution >= 4 is 108 Å². The third kappa shape index (κ3) is 4.43. The minimum absolute atomic E-state index is 0.205. The first kappa shape index (κ1) is 31.2. The summed E-state index contributed by atoms with van der Waals surface area (Å²) >= 11 is 1.75. The lowest BCUT2D eigenvalue weighted by atomic mass is 9.93. The molecule has 13 rings (SSSR count). The minimum Gasteiger partial charge on any atom is -0.453 e. The largest absolute Gasteiger partial charge is 0.453 e. The second kappa shape index (κ2) is 11.7. The molecule has 1 aliphatic rings. The molecule has 4 heterocycles. The molecule has 1 unspecified atom stereocenters. The van der Waals surface area contributed by atoms with E-state index in [1.54, 1.807) is 11.3 Å². The van der Waals surface area contributed by atoms with Crippen LogP contribution in [0.3, 0.4) is 0 Å². The van der Waals surface area contributed by atoms with Gasteiger partial charge in [0.05, 0.1) is 22.3 Å². The van der Waals surface area contributed by atoms with Crippen molar-refractivity contribution in [3.63, 3.8) is 0 Å². The van der Waals surface area contributed by atoms with Gasteiger partial charge in [0, 0.05) is 42.9 Å². The average Bonchev–Trinajstić information content (AvgIpc) is 3.95. The first-order chi connectivity index (χ1) is 28.3. The second-order valence-corrected chi connectivity index (χ2v) is 16.3.